The second kappa shape index (κ2) is 8.42. The van der Waals surface area contributed by atoms with Crippen molar-refractivity contribution >= 4 is 5.91 Å². The number of rotatable bonds is 2. The number of aliphatic hydroxyl groups is 2. The maximum Gasteiger partial charge on any atom is 0.408 e. The van der Waals surface area contributed by atoms with Crippen LogP contribution in [0.1, 0.15) is 30.5 Å². The molecule has 0 spiro atoms. The molecular formula is C24H23F4N3O4. The minimum absolute atomic E-state index is 0.0672. The van der Waals surface area contributed by atoms with Crippen LogP contribution in [-0.4, -0.2) is 62.2 Å². The number of benzene rings is 1. The number of amides is 1. The lowest BCUT2D eigenvalue weighted by atomic mass is 9.90. The lowest BCUT2D eigenvalue weighted by Crippen LogP contribution is -2.62. The summed E-state index contributed by atoms with van der Waals surface area (Å²) in [7, 11) is 0. The number of alkyl halides is 4. The van der Waals surface area contributed by atoms with Gasteiger partial charge in [0.25, 0.3) is 5.91 Å². The maximum atomic E-state index is 15.0. The van der Waals surface area contributed by atoms with Gasteiger partial charge in [0.1, 0.15) is 24.5 Å². The molecule has 0 radical (unpaired) electrons. The summed E-state index contributed by atoms with van der Waals surface area (Å²) in [5, 5.41) is 23.4. The normalized spacial score (nSPS) is 27.8. The van der Waals surface area contributed by atoms with Crippen molar-refractivity contribution in [3.8, 4) is 0 Å². The summed E-state index contributed by atoms with van der Waals surface area (Å²) >= 11 is 0. The van der Waals surface area contributed by atoms with E-state index < -0.39 is 54.6 Å². The van der Waals surface area contributed by atoms with Crippen LogP contribution in [0.3, 0.4) is 0 Å². The Morgan fingerprint density at radius 1 is 1.23 bits per heavy atom. The molecule has 1 aromatic carbocycles. The van der Waals surface area contributed by atoms with Crippen molar-refractivity contribution in [2.24, 2.45) is 0 Å². The lowest BCUT2D eigenvalue weighted by molar-refractivity contribution is -0.204. The van der Waals surface area contributed by atoms with Gasteiger partial charge in [-0.05, 0) is 24.1 Å². The fourth-order valence-corrected chi connectivity index (χ4v) is 4.77. The highest BCUT2D eigenvalue weighted by molar-refractivity contribution is 5.94. The topological polar surface area (TPSA) is 76.5 Å². The van der Waals surface area contributed by atoms with E-state index in [4.69, 9.17) is 4.74 Å². The summed E-state index contributed by atoms with van der Waals surface area (Å²) in [5.74, 6) is -1.77. The van der Waals surface area contributed by atoms with E-state index in [1.807, 2.05) is 0 Å². The summed E-state index contributed by atoms with van der Waals surface area (Å²) in [6, 6.07) is 4.05. The Kier molecular flexibility index (Phi) is 5.64. The Bertz CT molecular complexity index is 1180. The van der Waals surface area contributed by atoms with Gasteiger partial charge in [-0.15, -0.1) is 0 Å². The fraction of sp³-hybridized carbons (Fsp3) is 0.375. The van der Waals surface area contributed by atoms with Gasteiger partial charge in [-0.2, -0.15) is 18.2 Å². The third-order valence-electron chi connectivity index (χ3n) is 6.68. The van der Waals surface area contributed by atoms with E-state index in [1.54, 1.807) is 36.4 Å². The minimum Gasteiger partial charge on any atom is -0.507 e. The Hall–Kier alpha value is -3.31. The second-order valence-corrected chi connectivity index (χ2v) is 8.75. The van der Waals surface area contributed by atoms with Crippen molar-refractivity contribution in [3.63, 3.8) is 0 Å². The van der Waals surface area contributed by atoms with Crippen molar-refractivity contribution in [2.75, 3.05) is 6.67 Å². The first-order valence-corrected chi connectivity index (χ1v) is 11.1. The molecule has 3 heterocycles. The molecule has 35 heavy (non-hydrogen) atoms. The van der Waals surface area contributed by atoms with Crippen LogP contribution < -0.4 is 0 Å². The van der Waals surface area contributed by atoms with Gasteiger partial charge in [-0.25, -0.2) is 4.39 Å². The number of fused-ring (bicyclic) bond motifs is 2. The van der Waals surface area contributed by atoms with E-state index in [-0.39, 0.29) is 18.8 Å². The largest absolute Gasteiger partial charge is 0.507 e. The number of halogens is 4. The SMILES string of the molecule is CC(N1CN(C2C3=C(OCc4ccccc42)C(F)CC=C3)N2C=CC(O)C(O)=C2C1=O)C(F)(F)F. The summed E-state index contributed by atoms with van der Waals surface area (Å²) < 4.78 is 62.0. The van der Waals surface area contributed by atoms with Crippen LogP contribution in [0, 0.1) is 0 Å². The smallest absolute Gasteiger partial charge is 0.408 e. The van der Waals surface area contributed by atoms with Crippen LogP contribution in [0.2, 0.25) is 0 Å². The first-order chi connectivity index (χ1) is 16.6. The maximum absolute atomic E-state index is 15.0. The van der Waals surface area contributed by atoms with Crippen molar-refractivity contribution in [3.05, 3.63) is 82.6 Å². The highest BCUT2D eigenvalue weighted by Gasteiger charge is 2.51. The van der Waals surface area contributed by atoms with Crippen LogP contribution in [0.4, 0.5) is 17.6 Å². The van der Waals surface area contributed by atoms with Gasteiger partial charge in [0.05, 0.1) is 12.7 Å². The van der Waals surface area contributed by atoms with Crippen molar-refractivity contribution in [1.29, 1.82) is 0 Å². The molecule has 0 bridgehead atoms. The van der Waals surface area contributed by atoms with Gasteiger partial charge in [0, 0.05) is 18.2 Å². The molecule has 1 fully saturated rings. The predicted octanol–water partition coefficient (Wildman–Crippen LogP) is 3.74. The number of carbonyl (C=O) groups is 1. The molecule has 5 rings (SSSR count). The van der Waals surface area contributed by atoms with E-state index in [2.05, 4.69) is 0 Å². The van der Waals surface area contributed by atoms with Crippen LogP contribution in [0.15, 0.2) is 71.5 Å². The molecular weight excluding hydrogens is 470 g/mol. The molecule has 1 amide bonds. The number of nitrogens with zero attached hydrogens (tertiary/aromatic N) is 3. The van der Waals surface area contributed by atoms with Gasteiger partial charge < -0.3 is 19.8 Å². The minimum atomic E-state index is -4.74. The van der Waals surface area contributed by atoms with Crippen LogP contribution >= 0.6 is 0 Å². The summed E-state index contributed by atoms with van der Waals surface area (Å²) in [5.41, 5.74) is 1.27. The van der Waals surface area contributed by atoms with Crippen molar-refractivity contribution in [1.82, 2.24) is 14.9 Å². The highest BCUT2D eigenvalue weighted by atomic mass is 19.4. The van der Waals surface area contributed by atoms with E-state index in [9.17, 15) is 32.6 Å². The fourth-order valence-electron chi connectivity index (χ4n) is 4.77. The Balaban J connectivity index is 1.71. The van der Waals surface area contributed by atoms with E-state index >= 15 is 0 Å². The molecule has 7 nitrogen and oxygen atoms in total. The molecule has 0 aromatic heterocycles. The van der Waals surface area contributed by atoms with Crippen LogP contribution in [0.25, 0.3) is 0 Å². The molecule has 11 heteroatoms. The van der Waals surface area contributed by atoms with Gasteiger partial charge in [0.15, 0.2) is 17.6 Å². The van der Waals surface area contributed by atoms with Gasteiger partial charge in [-0.1, -0.05) is 36.4 Å². The Morgan fingerprint density at radius 3 is 2.71 bits per heavy atom. The molecule has 4 aliphatic rings. The average molecular weight is 493 g/mol. The third kappa shape index (κ3) is 3.79. The summed E-state index contributed by atoms with van der Waals surface area (Å²) in [4.78, 5) is 13.7. The monoisotopic (exact) mass is 493 g/mol. The first-order valence-electron chi connectivity index (χ1n) is 11.1. The molecule has 4 unspecified atom stereocenters. The number of aliphatic hydroxyl groups excluding tert-OH is 2. The number of hydrogen-bond donors (Lipinski definition) is 2. The molecule has 2 N–H and O–H groups in total. The third-order valence-corrected chi connectivity index (χ3v) is 6.68. The van der Waals surface area contributed by atoms with Crippen molar-refractivity contribution < 1.29 is 37.3 Å². The average Bonchev–Trinajstić information content (AvgIpc) is 2.98. The second-order valence-electron chi connectivity index (χ2n) is 8.75. The van der Waals surface area contributed by atoms with Crippen LogP contribution in [-0.2, 0) is 16.1 Å². The lowest BCUT2D eigenvalue weighted by Gasteiger charge is -2.50. The summed E-state index contributed by atoms with van der Waals surface area (Å²) in [6.07, 6.45) is -1.80. The Labute approximate surface area is 198 Å². The molecule has 1 aromatic rings. The molecule has 0 saturated carbocycles. The highest BCUT2D eigenvalue weighted by Crippen LogP contribution is 2.45. The zero-order chi connectivity index (χ0) is 25.1. The van der Waals surface area contributed by atoms with Gasteiger partial charge in [-0.3, -0.25) is 9.80 Å². The quantitative estimate of drug-likeness (QED) is 0.612. The predicted molar refractivity (Wildman–Crippen MR) is 115 cm³/mol. The van der Waals surface area contributed by atoms with E-state index in [1.165, 1.54) is 22.3 Å². The number of hydrazine groups is 1. The molecule has 186 valence electrons. The standard InChI is InChI=1S/C24H23F4N3O4/c1-13(24(26,27)28)29-12-31(30-10-9-18(32)21(33)20(30)23(29)34)19-15-6-3-2-5-14(15)11-35-22-16(19)7-4-8-17(22)25/h2-7,9-10,13,17-19,32-33H,8,11-12H2,1H3. The van der Waals surface area contributed by atoms with E-state index in [0.29, 0.717) is 21.6 Å². The molecule has 3 aliphatic heterocycles. The van der Waals surface area contributed by atoms with Gasteiger partial charge in [0.2, 0.25) is 0 Å². The zero-order valence-electron chi connectivity index (χ0n) is 18.6. The zero-order valence-corrected chi connectivity index (χ0v) is 18.6. The molecule has 1 aliphatic carbocycles. The van der Waals surface area contributed by atoms with Crippen LogP contribution in [0.5, 0.6) is 0 Å². The van der Waals surface area contributed by atoms with Crippen molar-refractivity contribution in [2.45, 2.75) is 50.5 Å². The molecule has 1 saturated heterocycles. The number of allylic oxidation sites excluding steroid dienone is 2. The number of hydrogen-bond acceptors (Lipinski definition) is 6. The van der Waals surface area contributed by atoms with E-state index in [0.717, 1.165) is 6.92 Å². The number of ether oxygens (including phenoxy) is 1. The Morgan fingerprint density at radius 2 is 1.97 bits per heavy atom. The molecule has 4 atom stereocenters. The first kappa shape index (κ1) is 23.4. The summed E-state index contributed by atoms with van der Waals surface area (Å²) in [6.45, 7) is 0.403. The number of carbonyl (C=O) groups excluding carboxylic acids is 1. The van der Waals surface area contributed by atoms with Gasteiger partial charge >= 0.3 is 6.18 Å².